The summed E-state index contributed by atoms with van der Waals surface area (Å²) < 4.78 is 11.4. The smallest absolute Gasteiger partial charge is 0.251 e. The first-order valence-electron chi connectivity index (χ1n) is 8.82. The number of nitrogens with one attached hydrogen (secondary N) is 1. The standard InChI is InChI=1S/C21H27NO3/c1-4-24-20-14-18(10-11-19(20)25-15-16(2)3)21(23)22-13-12-17-8-6-5-7-9-17/h5-11,14,16H,4,12-13,15H2,1-3H3,(H,22,23). The summed E-state index contributed by atoms with van der Waals surface area (Å²) in [5, 5.41) is 2.95. The summed E-state index contributed by atoms with van der Waals surface area (Å²) in [5.74, 6) is 1.61. The van der Waals surface area contributed by atoms with E-state index in [1.165, 1.54) is 5.56 Å². The molecule has 0 aliphatic heterocycles. The Morgan fingerprint density at radius 1 is 1.04 bits per heavy atom. The highest BCUT2D eigenvalue weighted by Gasteiger charge is 2.12. The zero-order chi connectivity index (χ0) is 18.1. The first-order chi connectivity index (χ1) is 12.1. The molecule has 2 aromatic rings. The molecule has 0 fully saturated rings. The van der Waals surface area contributed by atoms with Crippen LogP contribution in [0.4, 0.5) is 0 Å². The molecule has 0 aliphatic rings. The minimum Gasteiger partial charge on any atom is -0.490 e. The molecule has 0 saturated heterocycles. The summed E-state index contributed by atoms with van der Waals surface area (Å²) in [6.45, 7) is 7.83. The molecule has 0 aliphatic carbocycles. The van der Waals surface area contributed by atoms with Crippen molar-refractivity contribution in [3.63, 3.8) is 0 Å². The van der Waals surface area contributed by atoms with Crippen LogP contribution in [0.3, 0.4) is 0 Å². The lowest BCUT2D eigenvalue weighted by Gasteiger charge is -2.14. The number of ether oxygens (including phenoxy) is 2. The van der Waals surface area contributed by atoms with Crippen LogP contribution in [0.15, 0.2) is 48.5 Å². The normalized spacial score (nSPS) is 10.6. The van der Waals surface area contributed by atoms with Crippen LogP contribution in [0.25, 0.3) is 0 Å². The second-order valence-corrected chi connectivity index (χ2v) is 6.29. The SMILES string of the molecule is CCOc1cc(C(=O)NCCc2ccccc2)ccc1OCC(C)C. The average Bonchev–Trinajstić information content (AvgIpc) is 2.61. The summed E-state index contributed by atoms with van der Waals surface area (Å²) in [4.78, 5) is 12.4. The lowest BCUT2D eigenvalue weighted by Crippen LogP contribution is -2.25. The maximum absolute atomic E-state index is 12.4. The Bertz CT molecular complexity index is 668. The van der Waals surface area contributed by atoms with Crippen molar-refractivity contribution in [3.05, 3.63) is 59.7 Å². The molecule has 1 N–H and O–H groups in total. The Morgan fingerprint density at radius 2 is 1.80 bits per heavy atom. The van der Waals surface area contributed by atoms with Crippen LogP contribution in [-0.2, 0) is 6.42 Å². The minimum atomic E-state index is -0.104. The number of hydrogen-bond acceptors (Lipinski definition) is 3. The van der Waals surface area contributed by atoms with Crippen molar-refractivity contribution < 1.29 is 14.3 Å². The molecule has 2 aromatic carbocycles. The van der Waals surface area contributed by atoms with Crippen LogP contribution in [0.2, 0.25) is 0 Å². The molecule has 0 atom stereocenters. The van der Waals surface area contributed by atoms with E-state index in [0.717, 1.165) is 6.42 Å². The largest absolute Gasteiger partial charge is 0.490 e. The molecule has 0 radical (unpaired) electrons. The first kappa shape index (κ1) is 18.8. The molecular weight excluding hydrogens is 314 g/mol. The van der Waals surface area contributed by atoms with E-state index in [2.05, 4.69) is 31.3 Å². The monoisotopic (exact) mass is 341 g/mol. The molecule has 4 nitrogen and oxygen atoms in total. The number of rotatable bonds is 9. The highest BCUT2D eigenvalue weighted by atomic mass is 16.5. The molecule has 134 valence electrons. The van der Waals surface area contributed by atoms with Gasteiger partial charge in [-0.15, -0.1) is 0 Å². The van der Waals surface area contributed by atoms with E-state index in [0.29, 0.717) is 42.7 Å². The summed E-state index contributed by atoms with van der Waals surface area (Å²) in [6, 6.07) is 15.4. The number of hydrogen-bond donors (Lipinski definition) is 1. The third kappa shape index (κ3) is 6.14. The lowest BCUT2D eigenvalue weighted by atomic mass is 10.1. The Balaban J connectivity index is 1.97. The molecule has 0 spiro atoms. The van der Waals surface area contributed by atoms with Crippen molar-refractivity contribution in [3.8, 4) is 11.5 Å². The molecule has 0 heterocycles. The zero-order valence-corrected chi connectivity index (χ0v) is 15.2. The maximum Gasteiger partial charge on any atom is 0.251 e. The highest BCUT2D eigenvalue weighted by Crippen LogP contribution is 2.29. The molecule has 1 amide bonds. The van der Waals surface area contributed by atoms with E-state index >= 15 is 0 Å². The van der Waals surface area contributed by atoms with Crippen LogP contribution in [0.1, 0.15) is 36.7 Å². The van der Waals surface area contributed by atoms with Crippen molar-refractivity contribution in [1.82, 2.24) is 5.32 Å². The third-order valence-electron chi connectivity index (χ3n) is 3.62. The van der Waals surface area contributed by atoms with Crippen molar-refractivity contribution in [2.24, 2.45) is 5.92 Å². The summed E-state index contributed by atoms with van der Waals surface area (Å²) in [5.41, 5.74) is 1.78. The van der Waals surface area contributed by atoms with Gasteiger partial charge in [0.05, 0.1) is 13.2 Å². The first-order valence-corrected chi connectivity index (χ1v) is 8.82. The van der Waals surface area contributed by atoms with Gasteiger partial charge in [0.1, 0.15) is 0 Å². The topological polar surface area (TPSA) is 47.6 Å². The quantitative estimate of drug-likeness (QED) is 0.747. The fourth-order valence-corrected chi connectivity index (χ4v) is 2.36. The Kier molecular flexibility index (Phi) is 7.33. The second-order valence-electron chi connectivity index (χ2n) is 6.29. The summed E-state index contributed by atoms with van der Waals surface area (Å²) in [7, 11) is 0. The zero-order valence-electron chi connectivity index (χ0n) is 15.2. The van der Waals surface area contributed by atoms with E-state index in [1.807, 2.05) is 25.1 Å². The van der Waals surface area contributed by atoms with Gasteiger partial charge in [0, 0.05) is 12.1 Å². The van der Waals surface area contributed by atoms with E-state index in [9.17, 15) is 4.79 Å². The van der Waals surface area contributed by atoms with Gasteiger partial charge in [0.2, 0.25) is 0 Å². The fraction of sp³-hybridized carbons (Fsp3) is 0.381. The van der Waals surface area contributed by atoms with E-state index in [1.54, 1.807) is 18.2 Å². The van der Waals surface area contributed by atoms with Gasteiger partial charge in [-0.2, -0.15) is 0 Å². The van der Waals surface area contributed by atoms with Gasteiger partial charge in [-0.05, 0) is 43.0 Å². The van der Waals surface area contributed by atoms with Gasteiger partial charge in [-0.1, -0.05) is 44.2 Å². The molecule has 4 heteroatoms. The molecule has 0 aromatic heterocycles. The number of amides is 1. The van der Waals surface area contributed by atoms with Crippen molar-refractivity contribution >= 4 is 5.91 Å². The summed E-state index contributed by atoms with van der Waals surface area (Å²) >= 11 is 0. The van der Waals surface area contributed by atoms with Gasteiger partial charge in [-0.3, -0.25) is 4.79 Å². The molecule has 0 unspecified atom stereocenters. The molecule has 0 saturated carbocycles. The van der Waals surface area contributed by atoms with Crippen LogP contribution in [0.5, 0.6) is 11.5 Å². The Labute approximate surface area is 150 Å². The van der Waals surface area contributed by atoms with E-state index < -0.39 is 0 Å². The molecule has 2 rings (SSSR count). The van der Waals surface area contributed by atoms with Crippen LogP contribution in [0, 0.1) is 5.92 Å². The third-order valence-corrected chi connectivity index (χ3v) is 3.62. The van der Waals surface area contributed by atoms with Crippen LogP contribution < -0.4 is 14.8 Å². The predicted octanol–water partition coefficient (Wildman–Crippen LogP) is 4.09. The molecule has 0 bridgehead atoms. The van der Waals surface area contributed by atoms with Gasteiger partial charge in [-0.25, -0.2) is 0 Å². The number of benzene rings is 2. The average molecular weight is 341 g/mol. The Hall–Kier alpha value is -2.49. The van der Waals surface area contributed by atoms with E-state index in [-0.39, 0.29) is 5.91 Å². The molecular formula is C21H27NO3. The van der Waals surface area contributed by atoms with Gasteiger partial charge >= 0.3 is 0 Å². The predicted molar refractivity (Wildman–Crippen MR) is 100 cm³/mol. The number of carbonyl (C=O) groups excluding carboxylic acids is 1. The highest BCUT2D eigenvalue weighted by molar-refractivity contribution is 5.94. The molecule has 25 heavy (non-hydrogen) atoms. The fourth-order valence-electron chi connectivity index (χ4n) is 2.36. The second kappa shape index (κ2) is 9.72. The van der Waals surface area contributed by atoms with Crippen LogP contribution in [-0.4, -0.2) is 25.7 Å². The Morgan fingerprint density at radius 3 is 2.48 bits per heavy atom. The lowest BCUT2D eigenvalue weighted by molar-refractivity contribution is 0.0953. The van der Waals surface area contributed by atoms with Gasteiger partial charge in [0.25, 0.3) is 5.91 Å². The van der Waals surface area contributed by atoms with Crippen molar-refractivity contribution in [2.75, 3.05) is 19.8 Å². The minimum absolute atomic E-state index is 0.104. The van der Waals surface area contributed by atoms with Crippen molar-refractivity contribution in [1.29, 1.82) is 0 Å². The maximum atomic E-state index is 12.4. The van der Waals surface area contributed by atoms with Crippen molar-refractivity contribution in [2.45, 2.75) is 27.2 Å². The number of carbonyl (C=O) groups is 1. The van der Waals surface area contributed by atoms with E-state index in [4.69, 9.17) is 9.47 Å². The van der Waals surface area contributed by atoms with Gasteiger partial charge in [0.15, 0.2) is 11.5 Å². The van der Waals surface area contributed by atoms with Crippen LogP contribution >= 0.6 is 0 Å². The van der Waals surface area contributed by atoms with Gasteiger partial charge < -0.3 is 14.8 Å². The summed E-state index contributed by atoms with van der Waals surface area (Å²) in [6.07, 6.45) is 0.806.